The lowest BCUT2D eigenvalue weighted by atomic mass is 10.2. The van der Waals surface area contributed by atoms with Crippen LogP contribution in [-0.2, 0) is 4.79 Å². The fourth-order valence-electron chi connectivity index (χ4n) is 1.95. The SMILES string of the molecule is Cc1ccc(NC(=O)[C@H](C)Oc2ccc(Cl)cc2Cl)c([N+](=O)[O-])c1. The number of nitro benzene ring substituents is 1. The minimum atomic E-state index is -0.912. The molecule has 0 spiro atoms. The molecule has 0 aliphatic rings. The first kappa shape index (κ1) is 18.0. The third kappa shape index (κ3) is 4.37. The number of carbonyl (C=O) groups excluding carboxylic acids is 1. The second-order valence-corrected chi connectivity index (χ2v) is 5.95. The third-order valence-electron chi connectivity index (χ3n) is 3.17. The minimum absolute atomic E-state index is 0.105. The van der Waals surface area contributed by atoms with Crippen molar-refractivity contribution in [3.8, 4) is 5.75 Å². The maximum absolute atomic E-state index is 12.2. The van der Waals surface area contributed by atoms with Crippen LogP contribution in [0.25, 0.3) is 0 Å². The van der Waals surface area contributed by atoms with Crippen molar-refractivity contribution in [3.63, 3.8) is 0 Å². The average Bonchev–Trinajstić information content (AvgIpc) is 2.51. The number of hydrogen-bond donors (Lipinski definition) is 1. The van der Waals surface area contributed by atoms with E-state index in [9.17, 15) is 14.9 Å². The van der Waals surface area contributed by atoms with Gasteiger partial charge in [0.1, 0.15) is 11.4 Å². The zero-order chi connectivity index (χ0) is 17.9. The monoisotopic (exact) mass is 368 g/mol. The molecule has 24 heavy (non-hydrogen) atoms. The second kappa shape index (κ2) is 7.51. The molecule has 2 aromatic carbocycles. The quantitative estimate of drug-likeness (QED) is 0.616. The summed E-state index contributed by atoms with van der Waals surface area (Å²) < 4.78 is 5.49. The van der Waals surface area contributed by atoms with E-state index in [0.717, 1.165) is 5.56 Å². The van der Waals surface area contributed by atoms with Gasteiger partial charge in [0.2, 0.25) is 0 Å². The molecule has 0 radical (unpaired) electrons. The highest BCUT2D eigenvalue weighted by Crippen LogP contribution is 2.29. The molecule has 126 valence electrons. The van der Waals surface area contributed by atoms with Crippen LogP contribution in [0.5, 0.6) is 5.75 Å². The van der Waals surface area contributed by atoms with Crippen molar-refractivity contribution in [2.45, 2.75) is 20.0 Å². The Bertz CT molecular complexity index is 796. The van der Waals surface area contributed by atoms with E-state index in [-0.39, 0.29) is 16.4 Å². The zero-order valence-electron chi connectivity index (χ0n) is 12.9. The molecule has 1 amide bonds. The first-order valence-electron chi connectivity index (χ1n) is 6.95. The van der Waals surface area contributed by atoms with E-state index < -0.39 is 16.9 Å². The number of anilines is 1. The topological polar surface area (TPSA) is 81.5 Å². The molecule has 0 saturated heterocycles. The lowest BCUT2D eigenvalue weighted by Crippen LogP contribution is -2.30. The van der Waals surface area contributed by atoms with E-state index in [4.69, 9.17) is 27.9 Å². The van der Waals surface area contributed by atoms with E-state index in [0.29, 0.717) is 10.8 Å². The van der Waals surface area contributed by atoms with Crippen molar-refractivity contribution in [1.29, 1.82) is 0 Å². The fraction of sp³-hybridized carbons (Fsp3) is 0.188. The molecule has 0 fully saturated rings. The molecule has 6 nitrogen and oxygen atoms in total. The highest BCUT2D eigenvalue weighted by atomic mass is 35.5. The van der Waals surface area contributed by atoms with Gasteiger partial charge in [0.15, 0.2) is 6.10 Å². The normalized spacial score (nSPS) is 11.7. The lowest BCUT2D eigenvalue weighted by Gasteiger charge is -2.16. The van der Waals surface area contributed by atoms with E-state index in [1.165, 1.54) is 25.1 Å². The molecule has 0 bridgehead atoms. The second-order valence-electron chi connectivity index (χ2n) is 5.10. The van der Waals surface area contributed by atoms with Crippen molar-refractivity contribution in [2.75, 3.05) is 5.32 Å². The van der Waals surface area contributed by atoms with Gasteiger partial charge in [-0.2, -0.15) is 0 Å². The Balaban J connectivity index is 2.13. The number of aryl methyl sites for hydroxylation is 1. The molecule has 0 saturated carbocycles. The predicted molar refractivity (Wildman–Crippen MR) is 93.0 cm³/mol. The van der Waals surface area contributed by atoms with E-state index in [2.05, 4.69) is 5.32 Å². The van der Waals surface area contributed by atoms with Crippen LogP contribution in [-0.4, -0.2) is 16.9 Å². The van der Waals surface area contributed by atoms with Gasteiger partial charge in [-0.1, -0.05) is 29.3 Å². The summed E-state index contributed by atoms with van der Waals surface area (Å²) in [6.07, 6.45) is -0.912. The number of nitrogens with one attached hydrogen (secondary N) is 1. The molecule has 8 heteroatoms. The third-order valence-corrected chi connectivity index (χ3v) is 3.71. The van der Waals surface area contributed by atoms with Crippen molar-refractivity contribution < 1.29 is 14.5 Å². The molecular formula is C16H14Cl2N2O4. The Hall–Kier alpha value is -2.31. The Morgan fingerprint density at radius 1 is 1.25 bits per heavy atom. The summed E-state index contributed by atoms with van der Waals surface area (Å²) >= 11 is 11.8. The summed E-state index contributed by atoms with van der Waals surface area (Å²) in [5.74, 6) is -0.241. The van der Waals surface area contributed by atoms with Crippen LogP contribution in [0, 0.1) is 17.0 Å². The average molecular weight is 369 g/mol. The summed E-state index contributed by atoms with van der Waals surface area (Å²) in [7, 11) is 0. The molecule has 2 aromatic rings. The summed E-state index contributed by atoms with van der Waals surface area (Å²) in [6, 6.07) is 9.16. The summed E-state index contributed by atoms with van der Waals surface area (Å²) in [5, 5.41) is 14.3. The molecule has 0 heterocycles. The van der Waals surface area contributed by atoms with Gasteiger partial charge in [0.05, 0.1) is 9.95 Å². The molecule has 2 rings (SSSR count). The first-order chi connectivity index (χ1) is 11.3. The Morgan fingerprint density at radius 3 is 2.58 bits per heavy atom. The van der Waals surface area contributed by atoms with Crippen LogP contribution in [0.2, 0.25) is 10.0 Å². The van der Waals surface area contributed by atoms with E-state index >= 15 is 0 Å². The van der Waals surface area contributed by atoms with Crippen LogP contribution in [0.3, 0.4) is 0 Å². The molecule has 1 N–H and O–H groups in total. The minimum Gasteiger partial charge on any atom is -0.479 e. The van der Waals surface area contributed by atoms with Crippen LogP contribution in [0.1, 0.15) is 12.5 Å². The smallest absolute Gasteiger partial charge is 0.293 e. The van der Waals surface area contributed by atoms with Crippen LogP contribution >= 0.6 is 23.2 Å². The number of halogens is 2. The lowest BCUT2D eigenvalue weighted by molar-refractivity contribution is -0.384. The number of carbonyl (C=O) groups is 1. The molecule has 0 aliphatic carbocycles. The largest absolute Gasteiger partial charge is 0.479 e. The molecule has 0 aliphatic heterocycles. The van der Waals surface area contributed by atoms with Gasteiger partial charge in [-0.25, -0.2) is 0 Å². The highest BCUT2D eigenvalue weighted by Gasteiger charge is 2.21. The molecule has 0 unspecified atom stereocenters. The first-order valence-corrected chi connectivity index (χ1v) is 7.71. The van der Waals surface area contributed by atoms with Gasteiger partial charge in [-0.15, -0.1) is 0 Å². The van der Waals surface area contributed by atoms with Gasteiger partial charge in [-0.05, 0) is 43.7 Å². The zero-order valence-corrected chi connectivity index (χ0v) is 14.4. The maximum Gasteiger partial charge on any atom is 0.293 e. The Kier molecular flexibility index (Phi) is 5.64. The van der Waals surface area contributed by atoms with E-state index in [1.54, 1.807) is 25.1 Å². The summed E-state index contributed by atoms with van der Waals surface area (Å²) in [4.78, 5) is 22.8. The van der Waals surface area contributed by atoms with Crippen molar-refractivity contribution >= 4 is 40.5 Å². The Morgan fingerprint density at radius 2 is 1.96 bits per heavy atom. The standard InChI is InChI=1S/C16H14Cl2N2O4/c1-9-3-5-13(14(7-9)20(22)23)19-16(21)10(2)24-15-6-4-11(17)8-12(15)18/h3-8,10H,1-2H3,(H,19,21)/t10-/m0/s1. The number of amides is 1. The van der Waals surface area contributed by atoms with Gasteiger partial charge in [-0.3, -0.25) is 14.9 Å². The number of ether oxygens (including phenoxy) is 1. The van der Waals surface area contributed by atoms with E-state index in [1.807, 2.05) is 0 Å². The number of nitro groups is 1. The van der Waals surface area contributed by atoms with Gasteiger partial charge in [0, 0.05) is 11.1 Å². The summed E-state index contributed by atoms with van der Waals surface area (Å²) in [6.45, 7) is 3.24. The number of hydrogen-bond acceptors (Lipinski definition) is 4. The maximum atomic E-state index is 12.2. The predicted octanol–water partition coefficient (Wildman–Crippen LogP) is 4.62. The van der Waals surface area contributed by atoms with Gasteiger partial charge < -0.3 is 10.1 Å². The van der Waals surface area contributed by atoms with Crippen LogP contribution < -0.4 is 10.1 Å². The highest BCUT2D eigenvalue weighted by molar-refractivity contribution is 6.35. The number of nitrogens with zero attached hydrogens (tertiary/aromatic N) is 1. The molecular weight excluding hydrogens is 355 g/mol. The van der Waals surface area contributed by atoms with Gasteiger partial charge >= 0.3 is 0 Å². The molecule has 1 atom stereocenters. The fourth-order valence-corrected chi connectivity index (χ4v) is 2.40. The Labute approximate surface area is 148 Å². The number of rotatable bonds is 5. The van der Waals surface area contributed by atoms with Crippen molar-refractivity contribution in [1.82, 2.24) is 0 Å². The van der Waals surface area contributed by atoms with Crippen LogP contribution in [0.4, 0.5) is 11.4 Å². The molecule has 0 aromatic heterocycles. The van der Waals surface area contributed by atoms with Crippen molar-refractivity contribution in [2.24, 2.45) is 0 Å². The van der Waals surface area contributed by atoms with Crippen LogP contribution in [0.15, 0.2) is 36.4 Å². The van der Waals surface area contributed by atoms with Crippen molar-refractivity contribution in [3.05, 3.63) is 62.1 Å². The van der Waals surface area contributed by atoms with Gasteiger partial charge in [0.25, 0.3) is 11.6 Å². The number of benzene rings is 2. The summed E-state index contributed by atoms with van der Waals surface area (Å²) in [5.41, 5.74) is 0.644.